The van der Waals surface area contributed by atoms with Gasteiger partial charge < -0.3 is 14.5 Å². The van der Waals surface area contributed by atoms with E-state index in [2.05, 4.69) is 6.92 Å². The van der Waals surface area contributed by atoms with Gasteiger partial charge in [-0.2, -0.15) is 0 Å². The van der Waals surface area contributed by atoms with Crippen LogP contribution in [0.2, 0.25) is 0 Å². The molecule has 0 atom stereocenters. The van der Waals surface area contributed by atoms with Crippen LogP contribution in [-0.4, -0.2) is 28.5 Å². The van der Waals surface area contributed by atoms with Crippen molar-refractivity contribution in [3.05, 3.63) is 0 Å². The minimum absolute atomic E-state index is 0.255. The average molecular weight is 252 g/mol. The Kier molecular flexibility index (Phi) is 8.53. The molecule has 0 aromatic carbocycles. The summed E-state index contributed by atoms with van der Waals surface area (Å²) in [5, 5.41) is 0. The first-order chi connectivity index (χ1) is 7.45. The van der Waals surface area contributed by atoms with E-state index in [-0.39, 0.29) is 6.61 Å². The number of esters is 1. The molecule has 0 rings (SSSR count). The molecule has 0 heterocycles. The maximum absolute atomic E-state index is 10.9. The third-order valence-electron chi connectivity index (χ3n) is 2.10. The fourth-order valence-corrected chi connectivity index (χ4v) is 1.71. The number of carbonyl (C=O) groups is 1. The van der Waals surface area contributed by atoms with E-state index in [1.54, 1.807) is 0 Å². The van der Waals surface area contributed by atoms with E-state index in [0.29, 0.717) is 0 Å². The van der Waals surface area contributed by atoms with Gasteiger partial charge in [-0.1, -0.05) is 39.0 Å². The van der Waals surface area contributed by atoms with Crippen LogP contribution in [0.4, 0.5) is 0 Å². The fraction of sp³-hybridized carbons (Fsp3) is 0.900. The minimum atomic E-state index is -4.27. The molecule has 96 valence electrons. The molecule has 0 saturated heterocycles. The number of hydrogen-bond acceptors (Lipinski definition) is 3. The monoisotopic (exact) mass is 252 g/mol. The number of ether oxygens (including phenoxy) is 1. The summed E-state index contributed by atoms with van der Waals surface area (Å²) in [7, 11) is -4.27. The van der Waals surface area contributed by atoms with Crippen molar-refractivity contribution in [3.8, 4) is 0 Å². The molecule has 0 fully saturated rings. The predicted molar refractivity (Wildman–Crippen MR) is 61.2 cm³/mol. The van der Waals surface area contributed by atoms with Crippen molar-refractivity contribution >= 4 is 13.6 Å². The molecule has 0 spiro atoms. The Labute approximate surface area is 96.4 Å². The summed E-state index contributed by atoms with van der Waals surface area (Å²) in [6.45, 7) is 2.40. The lowest BCUT2D eigenvalue weighted by Crippen LogP contribution is -2.10. The molecule has 0 amide bonds. The van der Waals surface area contributed by atoms with E-state index in [1.807, 2.05) is 0 Å². The van der Waals surface area contributed by atoms with Crippen molar-refractivity contribution in [3.63, 3.8) is 0 Å². The van der Waals surface area contributed by atoms with Crippen LogP contribution in [0.1, 0.15) is 45.4 Å². The lowest BCUT2D eigenvalue weighted by atomic mass is 10.1. The SMILES string of the molecule is CCCCCCCCOC(=O)CP(=O)(O)O. The third-order valence-corrected chi connectivity index (χ3v) is 2.77. The minimum Gasteiger partial charge on any atom is -0.465 e. The van der Waals surface area contributed by atoms with Crippen molar-refractivity contribution in [2.75, 3.05) is 12.8 Å². The molecule has 16 heavy (non-hydrogen) atoms. The molecule has 0 aliphatic heterocycles. The quantitative estimate of drug-likeness (QED) is 0.373. The summed E-state index contributed by atoms with van der Waals surface area (Å²) >= 11 is 0. The van der Waals surface area contributed by atoms with Crippen LogP contribution in [0.25, 0.3) is 0 Å². The first-order valence-corrected chi connectivity index (χ1v) is 7.45. The lowest BCUT2D eigenvalue weighted by Gasteiger charge is -2.05. The predicted octanol–water partition coefficient (Wildman–Crippen LogP) is 2.07. The summed E-state index contributed by atoms with van der Waals surface area (Å²) < 4.78 is 15.1. The molecule has 0 saturated carbocycles. The van der Waals surface area contributed by atoms with E-state index in [1.165, 1.54) is 19.3 Å². The molecule has 2 N–H and O–H groups in total. The molecule has 6 heteroatoms. The summed E-state index contributed by atoms with van der Waals surface area (Å²) in [5.41, 5.74) is 0. The van der Waals surface area contributed by atoms with Gasteiger partial charge in [0.15, 0.2) is 0 Å². The smallest absolute Gasteiger partial charge is 0.336 e. The molecule has 0 unspecified atom stereocenters. The maximum atomic E-state index is 10.9. The summed E-state index contributed by atoms with van der Waals surface area (Å²) in [6.07, 6.45) is 5.65. The molecule has 0 aliphatic rings. The van der Waals surface area contributed by atoms with Crippen LogP contribution in [0.3, 0.4) is 0 Å². The second-order valence-corrected chi connectivity index (χ2v) is 5.46. The van der Waals surface area contributed by atoms with Gasteiger partial charge in [0, 0.05) is 0 Å². The van der Waals surface area contributed by atoms with Gasteiger partial charge in [-0.25, -0.2) is 0 Å². The molecule has 0 aromatic heterocycles. The van der Waals surface area contributed by atoms with Gasteiger partial charge >= 0.3 is 13.6 Å². The maximum Gasteiger partial charge on any atom is 0.336 e. The van der Waals surface area contributed by atoms with Crippen molar-refractivity contribution in [2.24, 2.45) is 0 Å². The van der Waals surface area contributed by atoms with E-state index in [9.17, 15) is 9.36 Å². The average Bonchev–Trinajstić information content (AvgIpc) is 2.13. The Balaban J connectivity index is 3.32. The van der Waals surface area contributed by atoms with Crippen LogP contribution >= 0.6 is 7.60 Å². The Morgan fingerprint density at radius 1 is 1.12 bits per heavy atom. The summed E-state index contributed by atoms with van der Waals surface area (Å²) in [4.78, 5) is 27.9. The van der Waals surface area contributed by atoms with Crippen molar-refractivity contribution in [1.82, 2.24) is 0 Å². The number of rotatable bonds is 9. The Morgan fingerprint density at radius 2 is 1.69 bits per heavy atom. The van der Waals surface area contributed by atoms with Crippen LogP contribution < -0.4 is 0 Å². The van der Waals surface area contributed by atoms with E-state index in [0.717, 1.165) is 19.3 Å². The van der Waals surface area contributed by atoms with E-state index in [4.69, 9.17) is 14.5 Å². The highest BCUT2D eigenvalue weighted by Crippen LogP contribution is 2.33. The Hall–Kier alpha value is -0.380. The van der Waals surface area contributed by atoms with E-state index >= 15 is 0 Å². The van der Waals surface area contributed by atoms with Crippen molar-refractivity contribution < 1.29 is 23.9 Å². The fourth-order valence-electron chi connectivity index (χ4n) is 1.28. The van der Waals surface area contributed by atoms with Crippen LogP contribution in [0.15, 0.2) is 0 Å². The second kappa shape index (κ2) is 8.74. The topological polar surface area (TPSA) is 83.8 Å². The normalized spacial score (nSPS) is 11.4. The third kappa shape index (κ3) is 11.7. The van der Waals surface area contributed by atoms with Gasteiger partial charge in [-0.15, -0.1) is 0 Å². The summed E-state index contributed by atoms with van der Waals surface area (Å²) in [6, 6.07) is 0. The van der Waals surface area contributed by atoms with Crippen LogP contribution in [-0.2, 0) is 14.1 Å². The molecule has 0 aliphatic carbocycles. The Morgan fingerprint density at radius 3 is 2.25 bits per heavy atom. The number of carbonyl (C=O) groups excluding carboxylic acids is 1. The molecular formula is C10H21O5P. The zero-order chi connectivity index (χ0) is 12.4. The first-order valence-electron chi connectivity index (χ1n) is 5.66. The van der Waals surface area contributed by atoms with Gasteiger partial charge in [0.05, 0.1) is 6.61 Å². The van der Waals surface area contributed by atoms with Crippen molar-refractivity contribution in [2.45, 2.75) is 45.4 Å². The van der Waals surface area contributed by atoms with Gasteiger partial charge in [-0.05, 0) is 6.42 Å². The Bertz CT molecular complexity index is 235. The highest BCUT2D eigenvalue weighted by molar-refractivity contribution is 7.52. The standard InChI is InChI=1S/C10H21O5P/c1-2-3-4-5-6-7-8-15-10(11)9-16(12,13)14/h2-9H2,1H3,(H2,12,13,14). The molecule has 0 aromatic rings. The molecular weight excluding hydrogens is 231 g/mol. The number of unbranched alkanes of at least 4 members (excludes halogenated alkanes) is 5. The highest BCUT2D eigenvalue weighted by atomic mass is 31.2. The van der Waals surface area contributed by atoms with Gasteiger partial charge in [0.2, 0.25) is 0 Å². The van der Waals surface area contributed by atoms with Crippen LogP contribution in [0.5, 0.6) is 0 Å². The zero-order valence-corrected chi connectivity index (χ0v) is 10.6. The van der Waals surface area contributed by atoms with Gasteiger partial charge in [0.1, 0.15) is 6.16 Å². The van der Waals surface area contributed by atoms with Gasteiger partial charge in [0.25, 0.3) is 0 Å². The van der Waals surface area contributed by atoms with Crippen molar-refractivity contribution in [1.29, 1.82) is 0 Å². The number of hydrogen-bond donors (Lipinski definition) is 2. The highest BCUT2D eigenvalue weighted by Gasteiger charge is 2.19. The largest absolute Gasteiger partial charge is 0.465 e. The molecule has 0 bridgehead atoms. The molecule has 5 nitrogen and oxygen atoms in total. The molecule has 0 radical (unpaired) electrons. The van der Waals surface area contributed by atoms with Crippen LogP contribution in [0, 0.1) is 0 Å². The lowest BCUT2D eigenvalue weighted by molar-refractivity contribution is -0.140. The second-order valence-electron chi connectivity index (χ2n) is 3.81. The zero-order valence-electron chi connectivity index (χ0n) is 9.72. The first kappa shape index (κ1) is 15.6. The summed E-state index contributed by atoms with van der Waals surface area (Å²) in [5.74, 6) is -0.818. The van der Waals surface area contributed by atoms with E-state index < -0.39 is 19.7 Å². The van der Waals surface area contributed by atoms with Gasteiger partial charge in [-0.3, -0.25) is 9.36 Å².